The van der Waals surface area contributed by atoms with E-state index in [0.29, 0.717) is 18.4 Å². The van der Waals surface area contributed by atoms with E-state index in [1.54, 1.807) is 0 Å². The summed E-state index contributed by atoms with van der Waals surface area (Å²) in [5.74, 6) is 0.794. The number of nitrogens with one attached hydrogen (secondary N) is 1. The molecule has 4 N–H and O–H groups in total. The van der Waals surface area contributed by atoms with E-state index in [-0.39, 0.29) is 0 Å². The van der Waals surface area contributed by atoms with Gasteiger partial charge in [0.05, 0.1) is 12.6 Å². The van der Waals surface area contributed by atoms with Crippen molar-refractivity contribution in [3.63, 3.8) is 0 Å². The van der Waals surface area contributed by atoms with Gasteiger partial charge < -0.3 is 16.2 Å². The molecule has 1 atom stereocenters. The van der Waals surface area contributed by atoms with Crippen LogP contribution in [0.15, 0.2) is 35.3 Å². The minimum atomic E-state index is -0.425. The smallest absolute Gasteiger partial charge is 0.193 e. The van der Waals surface area contributed by atoms with Gasteiger partial charge in [0.1, 0.15) is 0 Å². The van der Waals surface area contributed by atoms with Crippen molar-refractivity contribution in [3.05, 3.63) is 30.3 Å². The van der Waals surface area contributed by atoms with E-state index in [4.69, 9.17) is 5.73 Å². The number of para-hydroxylation sites is 1. The molecular formula is C13H21N3O. The Kier molecular flexibility index (Phi) is 5.49. The normalized spacial score (nSPS) is 13.8. The molecule has 0 heterocycles. The molecule has 1 aromatic carbocycles. The zero-order valence-corrected chi connectivity index (χ0v) is 10.4. The zero-order valence-electron chi connectivity index (χ0n) is 10.4. The maximum Gasteiger partial charge on any atom is 0.193 e. The van der Waals surface area contributed by atoms with E-state index in [9.17, 15) is 5.11 Å². The Morgan fingerprint density at radius 2 is 2.00 bits per heavy atom. The van der Waals surface area contributed by atoms with Crippen molar-refractivity contribution in [1.29, 1.82) is 0 Å². The Hall–Kier alpha value is -1.55. The van der Waals surface area contributed by atoms with Crippen LogP contribution in [0.1, 0.15) is 20.3 Å². The van der Waals surface area contributed by atoms with Crippen LogP contribution in [0.4, 0.5) is 5.69 Å². The third kappa shape index (κ3) is 5.92. The van der Waals surface area contributed by atoms with Crippen LogP contribution >= 0.6 is 0 Å². The number of hydrogen-bond donors (Lipinski definition) is 3. The molecule has 0 aliphatic carbocycles. The molecule has 94 valence electrons. The lowest BCUT2D eigenvalue weighted by Crippen LogP contribution is -2.25. The predicted octanol–water partition coefficient (Wildman–Crippen LogP) is 1.82. The molecular weight excluding hydrogens is 214 g/mol. The number of anilines is 1. The molecule has 0 spiro atoms. The quantitative estimate of drug-likeness (QED) is 0.538. The highest BCUT2D eigenvalue weighted by Crippen LogP contribution is 2.06. The second-order valence-electron chi connectivity index (χ2n) is 4.50. The summed E-state index contributed by atoms with van der Waals surface area (Å²) in [4.78, 5) is 4.11. The van der Waals surface area contributed by atoms with Crippen molar-refractivity contribution in [2.45, 2.75) is 26.4 Å². The first-order valence-corrected chi connectivity index (χ1v) is 5.88. The number of nitrogens with zero attached hydrogens (tertiary/aromatic N) is 1. The van der Waals surface area contributed by atoms with E-state index in [1.807, 2.05) is 30.3 Å². The lowest BCUT2D eigenvalue weighted by atomic mass is 10.1. The molecule has 0 bridgehead atoms. The third-order valence-electron chi connectivity index (χ3n) is 2.26. The van der Waals surface area contributed by atoms with Crippen molar-refractivity contribution in [3.8, 4) is 0 Å². The lowest BCUT2D eigenvalue weighted by Gasteiger charge is -2.11. The standard InChI is InChI=1S/C13H21N3O/c1-10(2)8-12(17)9-15-13(14)16-11-6-4-3-5-7-11/h3-7,10,12,17H,8-9H2,1-2H3,(H3,14,15,16). The summed E-state index contributed by atoms with van der Waals surface area (Å²) < 4.78 is 0. The molecule has 1 rings (SSSR count). The number of aliphatic imine (C=N–C) groups is 1. The minimum Gasteiger partial charge on any atom is -0.391 e. The second-order valence-corrected chi connectivity index (χ2v) is 4.50. The Labute approximate surface area is 103 Å². The monoisotopic (exact) mass is 235 g/mol. The van der Waals surface area contributed by atoms with Crippen LogP contribution in [0.5, 0.6) is 0 Å². The van der Waals surface area contributed by atoms with Crippen LogP contribution < -0.4 is 11.1 Å². The van der Waals surface area contributed by atoms with Crippen molar-refractivity contribution in [2.24, 2.45) is 16.6 Å². The van der Waals surface area contributed by atoms with E-state index < -0.39 is 6.10 Å². The number of aliphatic hydroxyl groups excluding tert-OH is 1. The van der Waals surface area contributed by atoms with E-state index in [2.05, 4.69) is 24.2 Å². The van der Waals surface area contributed by atoms with Gasteiger partial charge in [0.2, 0.25) is 0 Å². The van der Waals surface area contributed by atoms with Crippen molar-refractivity contribution >= 4 is 11.6 Å². The summed E-state index contributed by atoms with van der Waals surface area (Å²) in [6, 6.07) is 9.59. The van der Waals surface area contributed by atoms with E-state index in [1.165, 1.54) is 0 Å². The maximum atomic E-state index is 9.64. The molecule has 0 aliphatic heterocycles. The number of aliphatic hydroxyl groups is 1. The highest BCUT2D eigenvalue weighted by molar-refractivity contribution is 5.92. The summed E-state index contributed by atoms with van der Waals surface area (Å²) in [6.45, 7) is 4.47. The van der Waals surface area contributed by atoms with Crippen LogP contribution in [0.25, 0.3) is 0 Å². The van der Waals surface area contributed by atoms with E-state index >= 15 is 0 Å². The maximum absolute atomic E-state index is 9.64. The van der Waals surface area contributed by atoms with Gasteiger partial charge in [-0.15, -0.1) is 0 Å². The molecule has 1 unspecified atom stereocenters. The fourth-order valence-electron chi connectivity index (χ4n) is 1.53. The topological polar surface area (TPSA) is 70.6 Å². The first kappa shape index (κ1) is 13.5. The van der Waals surface area contributed by atoms with Gasteiger partial charge in [-0.2, -0.15) is 0 Å². The molecule has 0 saturated heterocycles. The second kappa shape index (κ2) is 6.91. The van der Waals surface area contributed by atoms with Gasteiger partial charge in [-0.25, -0.2) is 0 Å². The summed E-state index contributed by atoms with van der Waals surface area (Å²) in [5.41, 5.74) is 6.61. The van der Waals surface area contributed by atoms with Gasteiger partial charge in [-0.3, -0.25) is 4.99 Å². The molecule has 0 radical (unpaired) electrons. The molecule has 0 fully saturated rings. The average molecular weight is 235 g/mol. The van der Waals surface area contributed by atoms with Crippen LogP contribution in [-0.2, 0) is 0 Å². The molecule has 17 heavy (non-hydrogen) atoms. The number of rotatable bonds is 5. The Morgan fingerprint density at radius 1 is 1.35 bits per heavy atom. The van der Waals surface area contributed by atoms with Crippen LogP contribution in [0.3, 0.4) is 0 Å². The van der Waals surface area contributed by atoms with Crippen molar-refractivity contribution in [1.82, 2.24) is 0 Å². The van der Waals surface area contributed by atoms with Gasteiger partial charge in [-0.05, 0) is 24.5 Å². The van der Waals surface area contributed by atoms with Gasteiger partial charge in [0.25, 0.3) is 0 Å². The van der Waals surface area contributed by atoms with Crippen molar-refractivity contribution in [2.75, 3.05) is 11.9 Å². The first-order valence-electron chi connectivity index (χ1n) is 5.88. The summed E-state index contributed by atoms with van der Waals surface area (Å²) in [6.07, 6.45) is 0.313. The average Bonchev–Trinajstić information content (AvgIpc) is 2.27. The van der Waals surface area contributed by atoms with Crippen LogP contribution in [0.2, 0.25) is 0 Å². The first-order chi connectivity index (χ1) is 8.08. The zero-order chi connectivity index (χ0) is 12.7. The number of hydrogen-bond acceptors (Lipinski definition) is 2. The van der Waals surface area contributed by atoms with Gasteiger partial charge in [-0.1, -0.05) is 32.0 Å². The van der Waals surface area contributed by atoms with E-state index in [0.717, 1.165) is 12.1 Å². The molecule has 0 saturated carbocycles. The lowest BCUT2D eigenvalue weighted by molar-refractivity contribution is 0.157. The molecule has 0 amide bonds. The number of benzene rings is 1. The third-order valence-corrected chi connectivity index (χ3v) is 2.26. The summed E-state index contributed by atoms with van der Waals surface area (Å²) in [7, 11) is 0. The molecule has 4 heteroatoms. The molecule has 0 aromatic heterocycles. The van der Waals surface area contributed by atoms with Gasteiger partial charge in [0.15, 0.2) is 5.96 Å². The minimum absolute atomic E-state index is 0.332. The summed E-state index contributed by atoms with van der Waals surface area (Å²) in [5, 5.41) is 12.6. The van der Waals surface area contributed by atoms with Gasteiger partial charge >= 0.3 is 0 Å². The number of nitrogens with two attached hydrogens (primary N) is 1. The Balaban J connectivity index is 2.39. The SMILES string of the molecule is CC(C)CC(O)CN=C(N)Nc1ccccc1. The fourth-order valence-corrected chi connectivity index (χ4v) is 1.53. The molecule has 1 aromatic rings. The predicted molar refractivity (Wildman–Crippen MR) is 72.0 cm³/mol. The largest absolute Gasteiger partial charge is 0.391 e. The highest BCUT2D eigenvalue weighted by atomic mass is 16.3. The summed E-state index contributed by atoms with van der Waals surface area (Å²) >= 11 is 0. The molecule has 4 nitrogen and oxygen atoms in total. The highest BCUT2D eigenvalue weighted by Gasteiger charge is 2.05. The van der Waals surface area contributed by atoms with Crippen LogP contribution in [0, 0.1) is 5.92 Å². The Bertz CT molecular complexity index is 349. The fraction of sp³-hybridized carbons (Fsp3) is 0.462. The number of guanidine groups is 1. The Morgan fingerprint density at radius 3 is 2.59 bits per heavy atom. The van der Waals surface area contributed by atoms with Gasteiger partial charge in [0, 0.05) is 5.69 Å². The van der Waals surface area contributed by atoms with Crippen LogP contribution in [-0.4, -0.2) is 23.7 Å². The van der Waals surface area contributed by atoms with Crippen molar-refractivity contribution < 1.29 is 5.11 Å². The molecule has 0 aliphatic rings.